The van der Waals surface area contributed by atoms with E-state index in [1.165, 1.54) is 0 Å². The summed E-state index contributed by atoms with van der Waals surface area (Å²) >= 11 is 0. The van der Waals surface area contributed by atoms with Gasteiger partial charge in [-0.3, -0.25) is 5.10 Å². The van der Waals surface area contributed by atoms with Crippen molar-refractivity contribution in [1.29, 1.82) is 5.26 Å². The number of benzene rings is 2. The standard InChI is InChI=1S/C26H20N6O/c1-16-7-10-21-24(20(16)11-8-18-9-12-22-23(29-18)14-28-31-22)33-32-25(21)30-19-6-4-5-17(13-19)26(2,3)15-27/h4-7,9-10,12-14H,1-3H3,(H,28,31)(H,30,32). The minimum atomic E-state index is -0.586. The zero-order valence-corrected chi connectivity index (χ0v) is 18.4. The Morgan fingerprint density at radius 1 is 1.09 bits per heavy atom. The van der Waals surface area contributed by atoms with Crippen LogP contribution in [0.15, 0.2) is 59.3 Å². The molecule has 0 aliphatic carbocycles. The van der Waals surface area contributed by atoms with Crippen LogP contribution in [0.2, 0.25) is 0 Å². The number of rotatable bonds is 3. The number of hydrogen-bond acceptors (Lipinski definition) is 6. The number of pyridine rings is 1. The van der Waals surface area contributed by atoms with E-state index in [0.717, 1.165) is 38.8 Å². The lowest BCUT2D eigenvalue weighted by atomic mass is 9.86. The van der Waals surface area contributed by atoms with E-state index < -0.39 is 5.41 Å². The van der Waals surface area contributed by atoms with Gasteiger partial charge in [0, 0.05) is 5.69 Å². The molecule has 0 spiro atoms. The van der Waals surface area contributed by atoms with Crippen LogP contribution in [0.3, 0.4) is 0 Å². The number of aromatic amines is 1. The molecule has 0 aliphatic rings. The third-order valence-corrected chi connectivity index (χ3v) is 5.59. The number of aromatic nitrogens is 4. The molecular weight excluding hydrogens is 412 g/mol. The van der Waals surface area contributed by atoms with Gasteiger partial charge in [-0.2, -0.15) is 10.4 Å². The molecule has 0 saturated heterocycles. The van der Waals surface area contributed by atoms with E-state index in [2.05, 4.69) is 43.6 Å². The van der Waals surface area contributed by atoms with Gasteiger partial charge in [0.05, 0.1) is 34.1 Å². The minimum Gasteiger partial charge on any atom is -0.353 e. The smallest absolute Gasteiger partial charge is 0.184 e. The molecule has 5 aromatic rings. The summed E-state index contributed by atoms with van der Waals surface area (Å²) < 4.78 is 5.70. The molecule has 0 atom stereocenters. The van der Waals surface area contributed by atoms with Gasteiger partial charge in [0.1, 0.15) is 11.2 Å². The van der Waals surface area contributed by atoms with Crippen LogP contribution in [0, 0.1) is 30.1 Å². The summed E-state index contributed by atoms with van der Waals surface area (Å²) in [5, 5.41) is 24.7. The van der Waals surface area contributed by atoms with Crippen molar-refractivity contribution in [3.8, 4) is 17.9 Å². The van der Waals surface area contributed by atoms with E-state index in [1.54, 1.807) is 6.20 Å². The van der Waals surface area contributed by atoms with Crippen molar-refractivity contribution in [2.45, 2.75) is 26.2 Å². The average Bonchev–Trinajstić information content (AvgIpc) is 3.45. The summed E-state index contributed by atoms with van der Waals surface area (Å²) in [7, 11) is 0. The summed E-state index contributed by atoms with van der Waals surface area (Å²) in [5.41, 5.74) is 5.82. The van der Waals surface area contributed by atoms with Gasteiger partial charge in [-0.25, -0.2) is 4.98 Å². The fraction of sp³-hybridized carbons (Fsp3) is 0.154. The summed E-state index contributed by atoms with van der Waals surface area (Å²) in [6.45, 7) is 5.77. The summed E-state index contributed by atoms with van der Waals surface area (Å²) in [6.07, 6.45) is 1.67. The third-order valence-electron chi connectivity index (χ3n) is 5.59. The molecule has 0 bridgehead atoms. The zero-order valence-electron chi connectivity index (χ0n) is 18.4. The molecule has 5 rings (SSSR count). The van der Waals surface area contributed by atoms with Gasteiger partial charge >= 0.3 is 0 Å². The zero-order chi connectivity index (χ0) is 23.0. The first-order valence-electron chi connectivity index (χ1n) is 10.4. The van der Waals surface area contributed by atoms with Crippen LogP contribution in [-0.2, 0) is 5.41 Å². The van der Waals surface area contributed by atoms with Gasteiger partial charge in [-0.15, -0.1) is 0 Å². The Labute approximate surface area is 190 Å². The van der Waals surface area contributed by atoms with E-state index in [4.69, 9.17) is 4.52 Å². The van der Waals surface area contributed by atoms with Gasteiger partial charge in [-0.1, -0.05) is 29.3 Å². The Kier molecular flexibility index (Phi) is 4.80. The first kappa shape index (κ1) is 20.3. The lowest BCUT2D eigenvalue weighted by Crippen LogP contribution is -2.13. The maximum absolute atomic E-state index is 9.45. The second-order valence-corrected chi connectivity index (χ2v) is 8.36. The van der Waals surface area contributed by atoms with Gasteiger partial charge in [0.2, 0.25) is 0 Å². The monoisotopic (exact) mass is 432 g/mol. The van der Waals surface area contributed by atoms with E-state index in [-0.39, 0.29) is 0 Å². The molecular formula is C26H20N6O. The third kappa shape index (κ3) is 3.77. The van der Waals surface area contributed by atoms with Crippen LogP contribution in [0.25, 0.3) is 22.0 Å². The van der Waals surface area contributed by atoms with Crippen molar-refractivity contribution < 1.29 is 4.52 Å². The van der Waals surface area contributed by atoms with E-state index in [0.29, 0.717) is 17.1 Å². The van der Waals surface area contributed by atoms with Crippen molar-refractivity contribution in [2.75, 3.05) is 5.32 Å². The Balaban J connectivity index is 1.50. The summed E-state index contributed by atoms with van der Waals surface area (Å²) in [5.74, 6) is 6.92. The predicted molar refractivity (Wildman–Crippen MR) is 127 cm³/mol. The Bertz CT molecular complexity index is 1610. The van der Waals surface area contributed by atoms with Crippen LogP contribution in [-0.4, -0.2) is 20.3 Å². The molecule has 160 valence electrons. The molecule has 0 radical (unpaired) electrons. The minimum absolute atomic E-state index is 0.586. The first-order chi connectivity index (χ1) is 15.9. The molecule has 7 nitrogen and oxygen atoms in total. The second-order valence-electron chi connectivity index (χ2n) is 8.36. The number of aryl methyl sites for hydroxylation is 1. The van der Waals surface area contributed by atoms with Crippen LogP contribution in [0.5, 0.6) is 0 Å². The number of nitriles is 1. The highest BCUT2D eigenvalue weighted by atomic mass is 16.5. The number of hydrogen-bond donors (Lipinski definition) is 2. The lowest BCUT2D eigenvalue weighted by molar-refractivity contribution is 0.459. The number of nitrogens with one attached hydrogen (secondary N) is 2. The summed E-state index contributed by atoms with van der Waals surface area (Å²) in [6, 6.07) is 17.8. The van der Waals surface area contributed by atoms with Gasteiger partial charge in [-0.05, 0) is 68.2 Å². The molecule has 2 aromatic carbocycles. The van der Waals surface area contributed by atoms with Crippen molar-refractivity contribution in [2.24, 2.45) is 0 Å². The maximum atomic E-state index is 9.45. The van der Waals surface area contributed by atoms with Crippen molar-refractivity contribution >= 4 is 33.5 Å². The van der Waals surface area contributed by atoms with Gasteiger partial charge < -0.3 is 9.84 Å². The SMILES string of the molecule is Cc1ccc2c(Nc3cccc(C(C)(C)C#N)c3)noc2c1C#Cc1ccc2[nH]ncc2n1. The van der Waals surface area contributed by atoms with Gasteiger partial charge in [0.25, 0.3) is 0 Å². The molecule has 3 aromatic heterocycles. The van der Waals surface area contributed by atoms with Crippen LogP contribution < -0.4 is 5.32 Å². The highest BCUT2D eigenvalue weighted by molar-refractivity contribution is 5.94. The largest absolute Gasteiger partial charge is 0.353 e. The van der Waals surface area contributed by atoms with E-state index in [9.17, 15) is 5.26 Å². The summed E-state index contributed by atoms with van der Waals surface area (Å²) in [4.78, 5) is 4.51. The molecule has 7 heteroatoms. The van der Waals surface area contributed by atoms with Crippen molar-refractivity contribution in [3.63, 3.8) is 0 Å². The lowest BCUT2D eigenvalue weighted by Gasteiger charge is -2.16. The van der Waals surface area contributed by atoms with Crippen LogP contribution >= 0.6 is 0 Å². The molecule has 0 fully saturated rings. The predicted octanol–water partition coefficient (Wildman–Crippen LogP) is 5.35. The quantitative estimate of drug-likeness (QED) is 0.372. The van der Waals surface area contributed by atoms with E-state index >= 15 is 0 Å². The highest BCUT2D eigenvalue weighted by Crippen LogP contribution is 2.31. The number of nitrogens with zero attached hydrogens (tertiary/aromatic N) is 4. The van der Waals surface area contributed by atoms with Gasteiger partial charge in [0.15, 0.2) is 11.4 Å². The van der Waals surface area contributed by atoms with E-state index in [1.807, 2.05) is 69.3 Å². The molecule has 3 heterocycles. The molecule has 2 N–H and O–H groups in total. The Morgan fingerprint density at radius 3 is 2.82 bits per heavy atom. The molecule has 0 saturated carbocycles. The number of H-pyrrole nitrogens is 1. The Hall–Kier alpha value is -4.62. The van der Waals surface area contributed by atoms with Crippen LogP contribution in [0.1, 0.15) is 36.2 Å². The molecule has 0 aliphatic heterocycles. The first-order valence-corrected chi connectivity index (χ1v) is 10.4. The average molecular weight is 432 g/mol. The number of fused-ring (bicyclic) bond motifs is 2. The van der Waals surface area contributed by atoms with Crippen LogP contribution in [0.4, 0.5) is 11.5 Å². The normalized spacial score (nSPS) is 11.2. The molecule has 33 heavy (non-hydrogen) atoms. The topological polar surface area (TPSA) is 103 Å². The number of anilines is 2. The van der Waals surface area contributed by atoms with Crippen molar-refractivity contribution in [1.82, 2.24) is 20.3 Å². The molecule has 0 unspecified atom stereocenters. The fourth-order valence-electron chi connectivity index (χ4n) is 3.56. The molecule has 0 amide bonds. The Morgan fingerprint density at radius 2 is 1.97 bits per heavy atom. The fourth-order valence-corrected chi connectivity index (χ4v) is 3.56. The second kappa shape index (κ2) is 7.81. The maximum Gasteiger partial charge on any atom is 0.184 e. The van der Waals surface area contributed by atoms with Crippen molar-refractivity contribution in [3.05, 3.63) is 77.1 Å². The highest BCUT2D eigenvalue weighted by Gasteiger charge is 2.20.